The summed E-state index contributed by atoms with van der Waals surface area (Å²) in [5, 5.41) is 0.452. The normalized spacial score (nSPS) is 10.6. The molecule has 0 saturated carbocycles. The standard InChI is InChI=1S/C13H5Cl4FO/c14-8-4-9(15)12(16)13(17)11(8)7-3-6(5-19)1-2-10(7)18/h1-5H. The van der Waals surface area contributed by atoms with E-state index in [-0.39, 0.29) is 31.2 Å². The number of hydrogen-bond acceptors (Lipinski definition) is 1. The van der Waals surface area contributed by atoms with Crippen LogP contribution in [0.4, 0.5) is 4.39 Å². The fraction of sp³-hybridized carbons (Fsp3) is 0. The van der Waals surface area contributed by atoms with Gasteiger partial charge in [0.2, 0.25) is 0 Å². The van der Waals surface area contributed by atoms with Gasteiger partial charge in [0.1, 0.15) is 12.1 Å². The SMILES string of the molecule is O=Cc1ccc(F)c(-c2c(Cl)cc(Cl)c(Cl)c2Cl)c1. The summed E-state index contributed by atoms with van der Waals surface area (Å²) >= 11 is 23.8. The van der Waals surface area contributed by atoms with Gasteiger partial charge in [0, 0.05) is 16.7 Å². The fourth-order valence-electron chi connectivity index (χ4n) is 1.62. The van der Waals surface area contributed by atoms with Crippen LogP contribution < -0.4 is 0 Å². The Bertz CT molecular complexity index is 670. The average Bonchev–Trinajstić information content (AvgIpc) is 2.38. The van der Waals surface area contributed by atoms with E-state index < -0.39 is 5.82 Å². The Morgan fingerprint density at radius 1 is 0.947 bits per heavy atom. The molecule has 0 unspecified atom stereocenters. The molecule has 0 aliphatic rings. The van der Waals surface area contributed by atoms with Crippen molar-refractivity contribution in [3.8, 4) is 11.1 Å². The zero-order valence-corrected chi connectivity index (χ0v) is 12.2. The van der Waals surface area contributed by atoms with Crippen molar-refractivity contribution in [1.82, 2.24) is 0 Å². The molecular formula is C13H5Cl4FO. The summed E-state index contributed by atoms with van der Waals surface area (Å²) in [6.07, 6.45) is 0.599. The highest BCUT2D eigenvalue weighted by atomic mass is 35.5. The Labute approximate surface area is 128 Å². The number of hydrogen-bond donors (Lipinski definition) is 0. The van der Waals surface area contributed by atoms with Gasteiger partial charge < -0.3 is 0 Å². The van der Waals surface area contributed by atoms with Crippen molar-refractivity contribution in [2.24, 2.45) is 0 Å². The lowest BCUT2D eigenvalue weighted by Gasteiger charge is -2.11. The number of aldehydes is 1. The number of rotatable bonds is 2. The molecule has 1 nitrogen and oxygen atoms in total. The van der Waals surface area contributed by atoms with Crippen molar-refractivity contribution in [2.45, 2.75) is 0 Å². The Morgan fingerprint density at radius 2 is 1.63 bits per heavy atom. The minimum absolute atomic E-state index is 0.0427. The summed E-state index contributed by atoms with van der Waals surface area (Å²) in [7, 11) is 0. The van der Waals surface area contributed by atoms with Crippen molar-refractivity contribution in [2.75, 3.05) is 0 Å². The summed E-state index contributed by atoms with van der Waals surface area (Å²) in [6, 6.07) is 5.23. The molecule has 0 heterocycles. The molecule has 98 valence electrons. The monoisotopic (exact) mass is 336 g/mol. The van der Waals surface area contributed by atoms with Gasteiger partial charge in [-0.3, -0.25) is 4.79 Å². The summed E-state index contributed by atoms with van der Waals surface area (Å²) in [6.45, 7) is 0. The van der Waals surface area contributed by atoms with Gasteiger partial charge in [-0.1, -0.05) is 46.4 Å². The Balaban J connectivity index is 2.79. The zero-order chi connectivity index (χ0) is 14.2. The third kappa shape index (κ3) is 2.72. The smallest absolute Gasteiger partial charge is 0.150 e. The first-order valence-electron chi connectivity index (χ1n) is 5.03. The van der Waals surface area contributed by atoms with Gasteiger partial charge in [-0.25, -0.2) is 4.39 Å². The quantitative estimate of drug-likeness (QED) is 0.377. The second-order valence-corrected chi connectivity index (χ2v) is 5.27. The zero-order valence-electron chi connectivity index (χ0n) is 9.18. The Morgan fingerprint density at radius 3 is 2.26 bits per heavy atom. The fourth-order valence-corrected chi connectivity index (χ4v) is 2.74. The van der Waals surface area contributed by atoms with E-state index >= 15 is 0 Å². The molecule has 2 rings (SSSR count). The predicted molar refractivity (Wildman–Crippen MR) is 77.3 cm³/mol. The third-order valence-electron chi connectivity index (χ3n) is 2.51. The Hall–Kier alpha value is -0.800. The van der Waals surface area contributed by atoms with E-state index in [4.69, 9.17) is 46.4 Å². The largest absolute Gasteiger partial charge is 0.298 e. The number of carbonyl (C=O) groups excluding carboxylic acids is 1. The maximum atomic E-state index is 13.9. The van der Waals surface area contributed by atoms with Crippen molar-refractivity contribution < 1.29 is 9.18 Å². The first-order chi connectivity index (χ1) is 8.95. The van der Waals surface area contributed by atoms with Gasteiger partial charge in [-0.2, -0.15) is 0 Å². The number of carbonyl (C=O) groups is 1. The molecule has 0 aliphatic heterocycles. The average molecular weight is 338 g/mol. The number of benzene rings is 2. The molecule has 0 radical (unpaired) electrons. The summed E-state index contributed by atoms with van der Waals surface area (Å²) < 4.78 is 13.9. The molecular weight excluding hydrogens is 333 g/mol. The molecule has 0 saturated heterocycles. The molecule has 2 aromatic carbocycles. The van der Waals surface area contributed by atoms with Crippen LogP contribution in [0.3, 0.4) is 0 Å². The van der Waals surface area contributed by atoms with Crippen LogP contribution in [-0.2, 0) is 0 Å². The van der Waals surface area contributed by atoms with E-state index in [2.05, 4.69) is 0 Å². The molecule has 0 aliphatic carbocycles. The maximum Gasteiger partial charge on any atom is 0.150 e. The van der Waals surface area contributed by atoms with Gasteiger partial charge in [0.05, 0.1) is 20.1 Å². The number of halogens is 5. The minimum Gasteiger partial charge on any atom is -0.298 e. The van der Waals surface area contributed by atoms with Crippen LogP contribution >= 0.6 is 46.4 Å². The van der Waals surface area contributed by atoms with Crippen LogP contribution in [0.5, 0.6) is 0 Å². The van der Waals surface area contributed by atoms with Gasteiger partial charge in [0.15, 0.2) is 0 Å². The van der Waals surface area contributed by atoms with Crippen LogP contribution in [0.1, 0.15) is 10.4 Å². The van der Waals surface area contributed by atoms with E-state index in [1.807, 2.05) is 0 Å². The van der Waals surface area contributed by atoms with E-state index in [1.165, 1.54) is 18.2 Å². The van der Waals surface area contributed by atoms with Crippen LogP contribution in [0.15, 0.2) is 24.3 Å². The molecule has 0 amide bonds. The van der Waals surface area contributed by atoms with Crippen molar-refractivity contribution in [3.63, 3.8) is 0 Å². The minimum atomic E-state index is -0.562. The highest BCUT2D eigenvalue weighted by Crippen LogP contribution is 2.43. The lowest BCUT2D eigenvalue weighted by molar-refractivity contribution is 0.112. The molecule has 0 bridgehead atoms. The molecule has 6 heteroatoms. The van der Waals surface area contributed by atoms with Crippen LogP contribution in [0.2, 0.25) is 20.1 Å². The van der Waals surface area contributed by atoms with Gasteiger partial charge in [-0.05, 0) is 24.3 Å². The molecule has 19 heavy (non-hydrogen) atoms. The van der Waals surface area contributed by atoms with Gasteiger partial charge in [-0.15, -0.1) is 0 Å². The molecule has 0 fully saturated rings. The molecule has 0 N–H and O–H groups in total. The van der Waals surface area contributed by atoms with E-state index in [1.54, 1.807) is 0 Å². The molecule has 0 spiro atoms. The lowest BCUT2D eigenvalue weighted by Crippen LogP contribution is -1.91. The van der Waals surface area contributed by atoms with E-state index in [0.717, 1.165) is 6.07 Å². The second-order valence-electron chi connectivity index (χ2n) is 3.70. The summed E-state index contributed by atoms with van der Waals surface area (Å²) in [5.41, 5.74) is 0.603. The van der Waals surface area contributed by atoms with E-state index in [9.17, 15) is 9.18 Å². The topological polar surface area (TPSA) is 17.1 Å². The van der Waals surface area contributed by atoms with Gasteiger partial charge >= 0.3 is 0 Å². The van der Waals surface area contributed by atoms with Crippen molar-refractivity contribution in [1.29, 1.82) is 0 Å². The highest BCUT2D eigenvalue weighted by molar-refractivity contribution is 6.51. The third-order valence-corrected chi connectivity index (χ3v) is 4.07. The first-order valence-corrected chi connectivity index (χ1v) is 6.55. The van der Waals surface area contributed by atoms with Crippen LogP contribution in [-0.4, -0.2) is 6.29 Å². The van der Waals surface area contributed by atoms with Crippen LogP contribution in [0.25, 0.3) is 11.1 Å². The molecule has 0 atom stereocenters. The maximum absolute atomic E-state index is 13.9. The molecule has 2 aromatic rings. The van der Waals surface area contributed by atoms with Crippen molar-refractivity contribution in [3.05, 3.63) is 55.7 Å². The second kappa shape index (κ2) is 5.68. The Kier molecular flexibility index (Phi) is 4.36. The predicted octanol–water partition coefficient (Wildman–Crippen LogP) is 5.92. The van der Waals surface area contributed by atoms with Crippen molar-refractivity contribution >= 4 is 52.7 Å². The highest BCUT2D eigenvalue weighted by Gasteiger charge is 2.18. The first kappa shape index (κ1) is 14.6. The van der Waals surface area contributed by atoms with Crippen LogP contribution in [0, 0.1) is 5.82 Å². The summed E-state index contributed by atoms with van der Waals surface area (Å²) in [5.74, 6) is -0.562. The summed E-state index contributed by atoms with van der Waals surface area (Å²) in [4.78, 5) is 10.8. The molecule has 0 aromatic heterocycles. The van der Waals surface area contributed by atoms with E-state index in [0.29, 0.717) is 11.8 Å². The van der Waals surface area contributed by atoms with Gasteiger partial charge in [0.25, 0.3) is 0 Å². The lowest BCUT2D eigenvalue weighted by atomic mass is 10.0.